The molecule has 2 aliphatic heterocycles. The quantitative estimate of drug-likeness (QED) is 0.527. The highest BCUT2D eigenvalue weighted by Gasteiger charge is 2.35. The molecule has 0 aromatic carbocycles. The van der Waals surface area contributed by atoms with Gasteiger partial charge in [-0.25, -0.2) is 4.99 Å². The van der Waals surface area contributed by atoms with Gasteiger partial charge in [0.15, 0.2) is 11.7 Å². The number of aliphatic imine (C=N–C) groups is 1. The van der Waals surface area contributed by atoms with Crippen LogP contribution in [0, 0.1) is 11.8 Å². The molecule has 0 unspecified atom stereocenters. The summed E-state index contributed by atoms with van der Waals surface area (Å²) in [5, 5.41) is 9.04. The fourth-order valence-electron chi connectivity index (χ4n) is 5.39. The van der Waals surface area contributed by atoms with Crippen LogP contribution in [0.2, 0.25) is 0 Å². The number of carboxylic acids is 1. The average Bonchev–Trinajstić information content (AvgIpc) is 3.68. The van der Waals surface area contributed by atoms with E-state index in [-0.39, 0.29) is 6.42 Å². The molecular formula is C26H31N5O4. The summed E-state index contributed by atoms with van der Waals surface area (Å²) < 4.78 is 11.7. The van der Waals surface area contributed by atoms with Crippen molar-refractivity contribution in [3.63, 3.8) is 0 Å². The number of ether oxygens (including phenoxy) is 2. The molecule has 2 aromatic rings. The number of carbonyl (C=O) groups is 1. The van der Waals surface area contributed by atoms with E-state index < -0.39 is 5.97 Å². The molecule has 184 valence electrons. The first-order valence-electron chi connectivity index (χ1n) is 12.9. The zero-order chi connectivity index (χ0) is 23.8. The lowest BCUT2D eigenvalue weighted by atomic mass is 9.79. The fourth-order valence-corrected chi connectivity index (χ4v) is 5.39. The van der Waals surface area contributed by atoms with Crippen molar-refractivity contribution in [3.8, 4) is 11.9 Å². The van der Waals surface area contributed by atoms with Crippen molar-refractivity contribution in [2.24, 2.45) is 16.8 Å². The molecule has 0 bridgehead atoms. The van der Waals surface area contributed by atoms with Gasteiger partial charge >= 0.3 is 12.0 Å². The zero-order valence-corrected chi connectivity index (χ0v) is 19.9. The van der Waals surface area contributed by atoms with Crippen LogP contribution in [0.5, 0.6) is 11.9 Å². The van der Waals surface area contributed by atoms with Crippen LogP contribution in [0.1, 0.15) is 75.0 Å². The van der Waals surface area contributed by atoms with Crippen molar-refractivity contribution in [1.29, 1.82) is 0 Å². The number of nitrogens with zero attached hydrogens (tertiary/aromatic N) is 5. The van der Waals surface area contributed by atoms with E-state index in [9.17, 15) is 4.79 Å². The summed E-state index contributed by atoms with van der Waals surface area (Å²) in [7, 11) is 0. The maximum atomic E-state index is 11.0. The minimum Gasteiger partial charge on any atom is -0.481 e. The van der Waals surface area contributed by atoms with Gasteiger partial charge in [-0.2, -0.15) is 9.97 Å². The summed E-state index contributed by atoms with van der Waals surface area (Å²) in [6, 6.07) is 4.53. The lowest BCUT2D eigenvalue weighted by Crippen LogP contribution is -2.36. The fraction of sp³-hybridized carbons (Fsp3) is 0.577. The normalized spacial score (nSPS) is 22.9. The molecule has 0 radical (unpaired) electrons. The van der Waals surface area contributed by atoms with Crippen LogP contribution in [-0.2, 0) is 4.79 Å². The molecule has 2 aromatic heterocycles. The topological polar surface area (TPSA) is 110 Å². The SMILES string of the molecule is O=C(O)C[C@H]1CC[C@H](c2ccc(N3CCOc4nc(OCCCC5CC5)nc5c4C3=N5)cn2)CC1. The van der Waals surface area contributed by atoms with Crippen molar-refractivity contribution in [1.82, 2.24) is 15.0 Å². The monoisotopic (exact) mass is 477 g/mol. The van der Waals surface area contributed by atoms with Crippen molar-refractivity contribution in [2.45, 2.75) is 63.7 Å². The number of hydrogen-bond donors (Lipinski definition) is 1. The lowest BCUT2D eigenvalue weighted by molar-refractivity contribution is -0.138. The third-order valence-electron chi connectivity index (χ3n) is 7.58. The zero-order valence-electron chi connectivity index (χ0n) is 19.9. The highest BCUT2D eigenvalue weighted by molar-refractivity contribution is 6.20. The number of anilines is 1. The first-order chi connectivity index (χ1) is 17.1. The molecule has 1 N–H and O–H groups in total. The van der Waals surface area contributed by atoms with Crippen molar-refractivity contribution in [2.75, 3.05) is 24.7 Å². The number of hydrogen-bond acceptors (Lipinski definition) is 8. The minimum atomic E-state index is -0.695. The van der Waals surface area contributed by atoms with Gasteiger partial charge in [-0.3, -0.25) is 9.78 Å². The number of aliphatic carboxylic acids is 1. The Kier molecular flexibility index (Phi) is 6.00. The Labute approximate surface area is 204 Å². The second kappa shape index (κ2) is 9.43. The largest absolute Gasteiger partial charge is 0.481 e. The predicted octanol–water partition coefficient (Wildman–Crippen LogP) is 4.48. The van der Waals surface area contributed by atoms with Gasteiger partial charge in [0, 0.05) is 18.0 Å². The van der Waals surface area contributed by atoms with Crippen LogP contribution in [0.25, 0.3) is 0 Å². The maximum Gasteiger partial charge on any atom is 0.321 e. The maximum absolute atomic E-state index is 11.0. The van der Waals surface area contributed by atoms with Gasteiger partial charge < -0.3 is 19.5 Å². The van der Waals surface area contributed by atoms with E-state index >= 15 is 0 Å². The molecule has 9 heteroatoms. The summed E-state index contributed by atoms with van der Waals surface area (Å²) in [4.78, 5) is 31.5. The van der Waals surface area contributed by atoms with Crippen molar-refractivity contribution >= 4 is 23.3 Å². The summed E-state index contributed by atoms with van der Waals surface area (Å²) >= 11 is 0. The molecule has 6 rings (SSSR count). The van der Waals surface area contributed by atoms with E-state index in [2.05, 4.69) is 32.0 Å². The molecular weight excluding hydrogens is 446 g/mol. The minimum absolute atomic E-state index is 0.277. The first kappa shape index (κ1) is 22.2. The molecule has 0 amide bonds. The summed E-state index contributed by atoms with van der Waals surface area (Å²) in [6.45, 7) is 1.75. The first-order valence-corrected chi connectivity index (χ1v) is 12.9. The Bertz CT molecular complexity index is 1120. The lowest BCUT2D eigenvalue weighted by Gasteiger charge is -2.29. The number of pyridine rings is 1. The third-order valence-corrected chi connectivity index (χ3v) is 7.58. The number of aromatic nitrogens is 3. The standard InChI is InChI=1S/C26H31N5O4/c32-21(33)14-17-5-7-18(8-6-17)20-10-9-19(15-27-20)31-11-13-34-25-22-23(28-24(22)31)29-26(30-25)35-12-1-2-16-3-4-16/h9-10,15-18H,1-8,11-14H2,(H,32,33)/t17-,18-. The highest BCUT2D eigenvalue weighted by Crippen LogP contribution is 2.41. The van der Waals surface area contributed by atoms with E-state index in [1.165, 1.54) is 19.3 Å². The molecule has 0 atom stereocenters. The van der Waals surface area contributed by atoms with Gasteiger partial charge in [0.05, 0.1) is 25.0 Å². The van der Waals surface area contributed by atoms with Gasteiger partial charge in [0.2, 0.25) is 5.88 Å². The highest BCUT2D eigenvalue weighted by atomic mass is 16.5. The van der Waals surface area contributed by atoms with Crippen LogP contribution >= 0.6 is 0 Å². The molecule has 2 fully saturated rings. The Morgan fingerprint density at radius 1 is 1.11 bits per heavy atom. The van der Waals surface area contributed by atoms with Gasteiger partial charge in [-0.15, -0.1) is 0 Å². The molecule has 4 heterocycles. The summed E-state index contributed by atoms with van der Waals surface area (Å²) in [5.74, 6) is 2.87. The van der Waals surface area contributed by atoms with E-state index in [0.717, 1.165) is 60.8 Å². The second-order valence-electron chi connectivity index (χ2n) is 10.1. The van der Waals surface area contributed by atoms with Crippen LogP contribution in [-0.4, -0.2) is 51.6 Å². The van der Waals surface area contributed by atoms with E-state index in [1.54, 1.807) is 0 Å². The molecule has 4 aliphatic rings. The van der Waals surface area contributed by atoms with Crippen LogP contribution in [0.3, 0.4) is 0 Å². The third kappa shape index (κ3) is 4.81. The molecule has 9 nitrogen and oxygen atoms in total. The number of rotatable bonds is 9. The Morgan fingerprint density at radius 2 is 1.94 bits per heavy atom. The van der Waals surface area contributed by atoms with Gasteiger partial charge in [-0.1, -0.05) is 12.8 Å². The Morgan fingerprint density at radius 3 is 2.69 bits per heavy atom. The van der Waals surface area contributed by atoms with E-state index in [1.807, 2.05) is 6.20 Å². The Balaban J connectivity index is 1.10. The van der Waals surface area contributed by atoms with E-state index in [4.69, 9.17) is 19.6 Å². The van der Waals surface area contributed by atoms with E-state index in [0.29, 0.717) is 49.3 Å². The van der Waals surface area contributed by atoms with Gasteiger partial charge in [-0.05, 0) is 62.5 Å². The van der Waals surface area contributed by atoms with Crippen molar-refractivity contribution < 1.29 is 19.4 Å². The Hall–Kier alpha value is -3.23. The molecule has 2 saturated carbocycles. The van der Waals surface area contributed by atoms with Crippen LogP contribution < -0.4 is 14.4 Å². The summed E-state index contributed by atoms with van der Waals surface area (Å²) in [6.07, 6.45) is 11.0. The molecule has 2 aliphatic carbocycles. The number of amidine groups is 1. The molecule has 0 spiro atoms. The average molecular weight is 478 g/mol. The second-order valence-corrected chi connectivity index (χ2v) is 10.1. The molecule has 35 heavy (non-hydrogen) atoms. The summed E-state index contributed by atoms with van der Waals surface area (Å²) in [5.41, 5.74) is 2.89. The van der Waals surface area contributed by atoms with Gasteiger partial charge in [0.1, 0.15) is 12.2 Å². The molecule has 0 saturated heterocycles. The van der Waals surface area contributed by atoms with Crippen molar-refractivity contribution in [3.05, 3.63) is 29.6 Å². The smallest absolute Gasteiger partial charge is 0.321 e. The van der Waals surface area contributed by atoms with Crippen LogP contribution in [0.15, 0.2) is 23.3 Å². The van der Waals surface area contributed by atoms with Gasteiger partial charge in [0.25, 0.3) is 0 Å². The predicted molar refractivity (Wildman–Crippen MR) is 130 cm³/mol. The number of carboxylic acid groups (broad SMARTS) is 1. The van der Waals surface area contributed by atoms with Crippen LogP contribution in [0.4, 0.5) is 11.5 Å².